The van der Waals surface area contributed by atoms with Crippen LogP contribution in [0.5, 0.6) is 0 Å². The first-order valence-corrected chi connectivity index (χ1v) is 9.08. The van der Waals surface area contributed by atoms with Crippen molar-refractivity contribution < 1.29 is 17.6 Å². The Morgan fingerprint density at radius 3 is 2.48 bits per heavy atom. The van der Waals surface area contributed by atoms with E-state index in [2.05, 4.69) is 15.7 Å². The second-order valence-electron chi connectivity index (χ2n) is 6.49. The Bertz CT molecular complexity index is 1040. The molecule has 0 bridgehead atoms. The molecule has 29 heavy (non-hydrogen) atoms. The highest BCUT2D eigenvalue weighted by Gasteiger charge is 2.30. The van der Waals surface area contributed by atoms with E-state index >= 15 is 0 Å². The van der Waals surface area contributed by atoms with E-state index in [1.165, 1.54) is 24.3 Å². The number of aromatic nitrogens is 2. The van der Waals surface area contributed by atoms with E-state index in [0.29, 0.717) is 17.9 Å². The van der Waals surface area contributed by atoms with Crippen molar-refractivity contribution in [3.8, 4) is 0 Å². The Morgan fingerprint density at radius 2 is 1.79 bits per heavy atom. The normalized spacial score (nSPS) is 11.4. The third-order valence-corrected chi connectivity index (χ3v) is 4.49. The van der Waals surface area contributed by atoms with E-state index in [9.17, 15) is 17.6 Å². The van der Waals surface area contributed by atoms with Crippen molar-refractivity contribution in [1.82, 2.24) is 9.78 Å². The zero-order valence-electron chi connectivity index (χ0n) is 15.6. The van der Waals surface area contributed by atoms with Crippen LogP contribution in [-0.4, -0.2) is 14.9 Å². The maximum absolute atomic E-state index is 13.4. The number of anilines is 2. The summed E-state index contributed by atoms with van der Waals surface area (Å²) >= 11 is 5.24. The van der Waals surface area contributed by atoms with Crippen molar-refractivity contribution >= 4 is 28.7 Å². The largest absolute Gasteiger partial charge is 0.416 e. The predicted molar refractivity (Wildman–Crippen MR) is 108 cm³/mol. The van der Waals surface area contributed by atoms with Gasteiger partial charge in [-0.2, -0.15) is 18.3 Å². The first kappa shape index (κ1) is 20.8. The molecule has 0 aliphatic rings. The number of aryl methyl sites for hydroxylation is 1. The molecule has 0 saturated heterocycles. The van der Waals surface area contributed by atoms with Crippen LogP contribution in [0.1, 0.15) is 22.5 Å². The fourth-order valence-corrected chi connectivity index (χ4v) is 3.11. The monoisotopic (exact) mass is 422 g/mol. The van der Waals surface area contributed by atoms with Crippen LogP contribution in [0.15, 0.2) is 48.5 Å². The van der Waals surface area contributed by atoms with Gasteiger partial charge in [-0.3, -0.25) is 4.68 Å². The molecule has 0 amide bonds. The molecule has 1 heterocycles. The zero-order valence-corrected chi connectivity index (χ0v) is 16.5. The summed E-state index contributed by atoms with van der Waals surface area (Å²) in [5, 5.41) is 10.3. The minimum absolute atomic E-state index is 0.140. The van der Waals surface area contributed by atoms with Crippen LogP contribution < -0.4 is 10.6 Å². The van der Waals surface area contributed by atoms with E-state index in [1.807, 2.05) is 6.92 Å². The number of nitrogens with zero attached hydrogens (tertiary/aromatic N) is 2. The average Bonchev–Trinajstić information content (AvgIpc) is 2.89. The fraction of sp³-hybridized carbons (Fsp3) is 0.200. The van der Waals surface area contributed by atoms with Crippen LogP contribution in [0.25, 0.3) is 0 Å². The molecule has 9 heteroatoms. The smallest absolute Gasteiger partial charge is 0.332 e. The molecule has 0 aliphatic heterocycles. The molecule has 152 valence electrons. The molecular weight excluding hydrogens is 404 g/mol. The molecule has 0 spiro atoms. The lowest BCUT2D eigenvalue weighted by atomic mass is 10.2. The molecule has 3 rings (SSSR count). The molecule has 0 saturated carbocycles. The molecule has 0 unspecified atom stereocenters. The van der Waals surface area contributed by atoms with Gasteiger partial charge in [-0.15, -0.1) is 0 Å². The molecule has 0 atom stereocenters. The summed E-state index contributed by atoms with van der Waals surface area (Å²) in [4.78, 5) is 0. The second kappa shape index (κ2) is 8.20. The van der Waals surface area contributed by atoms with Crippen LogP contribution in [-0.2, 0) is 12.7 Å². The second-order valence-corrected chi connectivity index (χ2v) is 6.90. The third kappa shape index (κ3) is 5.11. The number of nitrogens with one attached hydrogen (secondary N) is 2. The SMILES string of the molecule is Cc1nn(Cc2cccc(F)c2)c(C)c1NC(=S)Nc1cccc(C(F)(F)F)c1. The lowest BCUT2D eigenvalue weighted by Gasteiger charge is -2.13. The number of thiocarbonyl (C=S) groups is 1. The Hall–Kier alpha value is -2.94. The van der Waals surface area contributed by atoms with Gasteiger partial charge in [0.15, 0.2) is 5.11 Å². The Kier molecular flexibility index (Phi) is 5.88. The van der Waals surface area contributed by atoms with E-state index in [0.717, 1.165) is 23.4 Å². The Morgan fingerprint density at radius 1 is 1.07 bits per heavy atom. The molecule has 0 radical (unpaired) electrons. The Balaban J connectivity index is 1.73. The van der Waals surface area contributed by atoms with Crippen LogP contribution in [0, 0.1) is 19.7 Å². The van der Waals surface area contributed by atoms with Gasteiger partial charge in [-0.1, -0.05) is 18.2 Å². The standard InChI is InChI=1S/C20H18F4N4S/c1-12-18(13(2)28(27-12)11-14-5-3-7-16(21)9-14)26-19(29)25-17-8-4-6-15(10-17)20(22,23)24/h3-10H,11H2,1-2H3,(H2,25,26,29). The van der Waals surface area contributed by atoms with E-state index in [1.54, 1.807) is 23.7 Å². The molecule has 2 aromatic carbocycles. The maximum atomic E-state index is 13.4. The summed E-state index contributed by atoms with van der Waals surface area (Å²) in [6, 6.07) is 11.0. The molecule has 3 aromatic rings. The average molecular weight is 422 g/mol. The number of hydrogen-bond acceptors (Lipinski definition) is 2. The predicted octanol–water partition coefficient (Wildman–Crippen LogP) is 5.52. The van der Waals surface area contributed by atoms with Gasteiger partial charge < -0.3 is 10.6 Å². The lowest BCUT2D eigenvalue weighted by Crippen LogP contribution is -2.20. The zero-order chi connectivity index (χ0) is 21.2. The number of rotatable bonds is 4. The minimum Gasteiger partial charge on any atom is -0.332 e. The lowest BCUT2D eigenvalue weighted by molar-refractivity contribution is -0.137. The topological polar surface area (TPSA) is 41.9 Å². The molecule has 4 nitrogen and oxygen atoms in total. The van der Waals surface area contributed by atoms with Gasteiger partial charge in [-0.05, 0) is 62.0 Å². The van der Waals surface area contributed by atoms with Crippen LogP contribution in [0.3, 0.4) is 0 Å². The molecule has 0 aliphatic carbocycles. The highest BCUT2D eigenvalue weighted by Crippen LogP contribution is 2.30. The first-order valence-electron chi connectivity index (χ1n) is 8.67. The summed E-state index contributed by atoms with van der Waals surface area (Å²) in [5.74, 6) is -0.325. The van der Waals surface area contributed by atoms with Gasteiger partial charge in [0, 0.05) is 5.69 Å². The highest BCUT2D eigenvalue weighted by atomic mass is 32.1. The van der Waals surface area contributed by atoms with Crippen molar-refractivity contribution in [2.75, 3.05) is 10.6 Å². The van der Waals surface area contributed by atoms with Crippen molar-refractivity contribution in [2.24, 2.45) is 0 Å². The van der Waals surface area contributed by atoms with Crippen LogP contribution >= 0.6 is 12.2 Å². The summed E-state index contributed by atoms with van der Waals surface area (Å²) in [6.45, 7) is 3.98. The van der Waals surface area contributed by atoms with Crippen molar-refractivity contribution in [3.05, 3.63) is 76.9 Å². The molecular formula is C20H18F4N4S. The van der Waals surface area contributed by atoms with Gasteiger partial charge in [0.05, 0.1) is 29.2 Å². The third-order valence-electron chi connectivity index (χ3n) is 4.29. The van der Waals surface area contributed by atoms with Crippen molar-refractivity contribution in [2.45, 2.75) is 26.6 Å². The summed E-state index contributed by atoms with van der Waals surface area (Å²) in [6.07, 6.45) is -4.43. The first-order chi connectivity index (χ1) is 13.6. The summed E-state index contributed by atoms with van der Waals surface area (Å²) in [7, 11) is 0. The van der Waals surface area contributed by atoms with E-state index in [4.69, 9.17) is 12.2 Å². The number of benzene rings is 2. The van der Waals surface area contributed by atoms with E-state index in [-0.39, 0.29) is 16.6 Å². The summed E-state index contributed by atoms with van der Waals surface area (Å²) in [5.41, 5.74) is 2.28. The minimum atomic E-state index is -4.43. The van der Waals surface area contributed by atoms with Crippen molar-refractivity contribution in [3.63, 3.8) is 0 Å². The van der Waals surface area contributed by atoms with E-state index < -0.39 is 11.7 Å². The highest BCUT2D eigenvalue weighted by molar-refractivity contribution is 7.80. The number of hydrogen-bond donors (Lipinski definition) is 2. The Labute approximate surface area is 170 Å². The molecule has 0 fully saturated rings. The van der Waals surface area contributed by atoms with Gasteiger partial charge in [0.1, 0.15) is 5.82 Å². The quantitative estimate of drug-likeness (QED) is 0.430. The molecule has 2 N–H and O–H groups in total. The van der Waals surface area contributed by atoms with Gasteiger partial charge in [-0.25, -0.2) is 4.39 Å². The van der Waals surface area contributed by atoms with Crippen LogP contribution in [0.4, 0.5) is 28.9 Å². The maximum Gasteiger partial charge on any atom is 0.416 e. The number of halogens is 4. The van der Waals surface area contributed by atoms with Gasteiger partial charge in [0.25, 0.3) is 0 Å². The summed E-state index contributed by atoms with van der Waals surface area (Å²) < 4.78 is 53.7. The van der Waals surface area contributed by atoms with Gasteiger partial charge >= 0.3 is 6.18 Å². The van der Waals surface area contributed by atoms with Crippen LogP contribution in [0.2, 0.25) is 0 Å². The van der Waals surface area contributed by atoms with Gasteiger partial charge in [0.2, 0.25) is 0 Å². The fourth-order valence-electron chi connectivity index (χ4n) is 2.89. The number of alkyl halides is 3. The van der Waals surface area contributed by atoms with Crippen molar-refractivity contribution in [1.29, 1.82) is 0 Å². The molecule has 1 aromatic heterocycles.